The summed E-state index contributed by atoms with van der Waals surface area (Å²) in [5.74, 6) is -0.335. The fourth-order valence-corrected chi connectivity index (χ4v) is 1.74. The number of rotatable bonds is 2. The van der Waals surface area contributed by atoms with Gasteiger partial charge in [0, 0.05) is 18.6 Å². The Morgan fingerprint density at radius 3 is 3.00 bits per heavy atom. The number of nitrogens with zero attached hydrogens (tertiary/aromatic N) is 3. The van der Waals surface area contributed by atoms with Gasteiger partial charge in [0.1, 0.15) is 0 Å². The molecule has 2 rings (SSSR count). The first-order valence-corrected chi connectivity index (χ1v) is 5.03. The van der Waals surface area contributed by atoms with Gasteiger partial charge in [0.25, 0.3) is 0 Å². The van der Waals surface area contributed by atoms with E-state index in [1.165, 1.54) is 13.3 Å². The monoisotopic (exact) mass is 239 g/mol. The van der Waals surface area contributed by atoms with E-state index < -0.39 is 0 Å². The molecule has 84 valence electrons. The average molecular weight is 240 g/mol. The van der Waals surface area contributed by atoms with Gasteiger partial charge < -0.3 is 4.74 Å². The van der Waals surface area contributed by atoms with Crippen LogP contribution in [0.3, 0.4) is 0 Å². The Labute approximate surface area is 97.0 Å². The van der Waals surface area contributed by atoms with Crippen molar-refractivity contribution < 1.29 is 9.53 Å². The van der Waals surface area contributed by atoms with E-state index in [9.17, 15) is 4.79 Å². The Bertz CT molecular complexity index is 550. The number of aromatic nitrogens is 3. The van der Waals surface area contributed by atoms with Crippen molar-refractivity contribution in [3.8, 4) is 0 Å². The zero-order chi connectivity index (χ0) is 11.7. The topological polar surface area (TPSA) is 57.0 Å². The quantitative estimate of drug-likeness (QED) is 0.742. The van der Waals surface area contributed by atoms with Crippen LogP contribution in [0.15, 0.2) is 12.4 Å². The highest BCUT2D eigenvalue weighted by molar-refractivity contribution is 6.32. The molecule has 6 heteroatoms. The molecule has 0 aliphatic rings. The summed E-state index contributed by atoms with van der Waals surface area (Å²) in [7, 11) is 3.13. The van der Waals surface area contributed by atoms with Crippen LogP contribution < -0.4 is 0 Å². The molecular formula is C10H10ClN3O2. The zero-order valence-electron chi connectivity index (χ0n) is 8.90. The molecule has 0 atom stereocenters. The molecule has 0 aromatic carbocycles. The largest absolute Gasteiger partial charge is 0.469 e. The number of pyridine rings is 1. The first-order chi connectivity index (χ1) is 7.63. The molecule has 0 saturated heterocycles. The maximum Gasteiger partial charge on any atom is 0.310 e. The van der Waals surface area contributed by atoms with Crippen LogP contribution in [0.4, 0.5) is 0 Å². The summed E-state index contributed by atoms with van der Waals surface area (Å²) in [6, 6.07) is 0. The molecule has 0 aliphatic carbocycles. The molecule has 0 radical (unpaired) electrons. The number of carbonyl (C=O) groups is 1. The van der Waals surface area contributed by atoms with Gasteiger partial charge in [0.15, 0.2) is 5.65 Å². The molecule has 0 unspecified atom stereocenters. The fraction of sp³-hybridized carbons (Fsp3) is 0.300. The van der Waals surface area contributed by atoms with Crippen molar-refractivity contribution in [2.75, 3.05) is 7.11 Å². The average Bonchev–Trinajstić information content (AvgIpc) is 2.64. The van der Waals surface area contributed by atoms with Crippen LogP contribution in [0.2, 0.25) is 5.02 Å². The van der Waals surface area contributed by atoms with Crippen LogP contribution in [0.5, 0.6) is 0 Å². The number of hydrogen-bond donors (Lipinski definition) is 0. The van der Waals surface area contributed by atoms with Crippen molar-refractivity contribution in [2.24, 2.45) is 7.05 Å². The van der Waals surface area contributed by atoms with Crippen LogP contribution >= 0.6 is 11.6 Å². The highest BCUT2D eigenvalue weighted by atomic mass is 35.5. The second kappa shape index (κ2) is 4.09. The number of ether oxygens (including phenoxy) is 1. The lowest BCUT2D eigenvalue weighted by Gasteiger charge is -2.04. The lowest BCUT2D eigenvalue weighted by Crippen LogP contribution is -2.05. The van der Waals surface area contributed by atoms with Gasteiger partial charge in [-0.05, 0) is 5.56 Å². The van der Waals surface area contributed by atoms with E-state index in [-0.39, 0.29) is 12.4 Å². The predicted molar refractivity (Wildman–Crippen MR) is 59.2 cm³/mol. The van der Waals surface area contributed by atoms with Crippen molar-refractivity contribution in [1.29, 1.82) is 0 Å². The Kier molecular flexibility index (Phi) is 2.78. The predicted octanol–water partition coefficient (Wildman–Crippen LogP) is 1.34. The molecule has 0 fully saturated rings. The SMILES string of the molecule is COC(=O)Cc1c(Cl)cnc2c1cnn2C. The van der Waals surface area contributed by atoms with E-state index in [0.29, 0.717) is 16.2 Å². The number of fused-ring (bicyclic) bond motifs is 1. The number of carbonyl (C=O) groups excluding carboxylic acids is 1. The van der Waals surface area contributed by atoms with Crippen LogP contribution in [-0.2, 0) is 23.0 Å². The van der Waals surface area contributed by atoms with Gasteiger partial charge in [0.05, 0.1) is 24.8 Å². The van der Waals surface area contributed by atoms with E-state index in [1.54, 1.807) is 17.9 Å². The highest BCUT2D eigenvalue weighted by Gasteiger charge is 2.14. The van der Waals surface area contributed by atoms with Crippen molar-refractivity contribution in [1.82, 2.24) is 14.8 Å². The summed E-state index contributed by atoms with van der Waals surface area (Å²) in [5, 5.41) is 5.30. The lowest BCUT2D eigenvalue weighted by molar-refractivity contribution is -0.139. The molecule has 16 heavy (non-hydrogen) atoms. The van der Waals surface area contributed by atoms with E-state index in [4.69, 9.17) is 11.6 Å². The Balaban J connectivity index is 2.57. The standard InChI is InChI=1S/C10H10ClN3O2/c1-14-10-7(4-13-14)6(3-9(15)16-2)8(11)5-12-10/h4-5H,3H2,1-2H3. The lowest BCUT2D eigenvalue weighted by atomic mass is 10.1. The zero-order valence-corrected chi connectivity index (χ0v) is 9.65. The smallest absolute Gasteiger partial charge is 0.310 e. The summed E-state index contributed by atoms with van der Waals surface area (Å²) in [6.07, 6.45) is 3.29. The molecule has 2 aromatic heterocycles. The number of methoxy groups -OCH3 is 1. The minimum absolute atomic E-state index is 0.125. The third kappa shape index (κ3) is 1.74. The van der Waals surface area contributed by atoms with Crippen molar-refractivity contribution in [3.05, 3.63) is 23.0 Å². The maximum atomic E-state index is 11.3. The van der Waals surface area contributed by atoms with Gasteiger partial charge in [0.2, 0.25) is 0 Å². The van der Waals surface area contributed by atoms with E-state index in [2.05, 4.69) is 14.8 Å². The second-order valence-electron chi connectivity index (χ2n) is 3.34. The van der Waals surface area contributed by atoms with Crippen molar-refractivity contribution >= 4 is 28.6 Å². The molecule has 0 amide bonds. The van der Waals surface area contributed by atoms with Gasteiger partial charge in [-0.1, -0.05) is 11.6 Å². The summed E-state index contributed by atoms with van der Waals surface area (Å²) in [6.45, 7) is 0. The summed E-state index contributed by atoms with van der Waals surface area (Å²) in [4.78, 5) is 15.4. The number of esters is 1. The van der Waals surface area contributed by atoms with Crippen LogP contribution in [-0.4, -0.2) is 27.8 Å². The first-order valence-electron chi connectivity index (χ1n) is 4.65. The van der Waals surface area contributed by atoms with Crippen LogP contribution in [0.1, 0.15) is 5.56 Å². The van der Waals surface area contributed by atoms with E-state index >= 15 is 0 Å². The number of halogens is 1. The molecule has 2 heterocycles. The second-order valence-corrected chi connectivity index (χ2v) is 3.75. The summed E-state index contributed by atoms with van der Waals surface area (Å²) in [5.41, 5.74) is 1.40. The van der Waals surface area contributed by atoms with Crippen molar-refractivity contribution in [2.45, 2.75) is 6.42 Å². The van der Waals surface area contributed by atoms with Gasteiger partial charge in [-0.25, -0.2) is 4.98 Å². The minimum Gasteiger partial charge on any atom is -0.469 e. The fourth-order valence-electron chi connectivity index (χ4n) is 1.52. The third-order valence-electron chi connectivity index (χ3n) is 2.37. The molecule has 5 nitrogen and oxygen atoms in total. The number of aryl methyl sites for hydroxylation is 1. The molecule has 0 saturated carbocycles. The molecule has 0 N–H and O–H groups in total. The Morgan fingerprint density at radius 2 is 2.31 bits per heavy atom. The van der Waals surface area contributed by atoms with Gasteiger partial charge >= 0.3 is 5.97 Å². The Morgan fingerprint density at radius 1 is 1.56 bits per heavy atom. The number of hydrogen-bond acceptors (Lipinski definition) is 4. The van der Waals surface area contributed by atoms with Crippen LogP contribution in [0, 0.1) is 0 Å². The highest BCUT2D eigenvalue weighted by Crippen LogP contribution is 2.24. The summed E-state index contributed by atoms with van der Waals surface area (Å²) >= 11 is 6.01. The normalized spacial score (nSPS) is 10.7. The Hall–Kier alpha value is -1.62. The molecule has 0 spiro atoms. The molecule has 0 bridgehead atoms. The van der Waals surface area contributed by atoms with Gasteiger partial charge in [-0.15, -0.1) is 0 Å². The third-order valence-corrected chi connectivity index (χ3v) is 2.70. The summed E-state index contributed by atoms with van der Waals surface area (Å²) < 4.78 is 6.25. The first kappa shape index (κ1) is 10.9. The van der Waals surface area contributed by atoms with E-state index in [0.717, 1.165) is 5.39 Å². The molecule has 0 aliphatic heterocycles. The maximum absolute atomic E-state index is 11.3. The molecular weight excluding hydrogens is 230 g/mol. The van der Waals surface area contributed by atoms with Crippen LogP contribution in [0.25, 0.3) is 11.0 Å². The molecule has 2 aromatic rings. The minimum atomic E-state index is -0.335. The van der Waals surface area contributed by atoms with E-state index in [1.807, 2.05) is 0 Å². The van der Waals surface area contributed by atoms with Gasteiger partial charge in [-0.3, -0.25) is 9.48 Å². The van der Waals surface area contributed by atoms with Gasteiger partial charge in [-0.2, -0.15) is 5.10 Å². The van der Waals surface area contributed by atoms with Crippen molar-refractivity contribution in [3.63, 3.8) is 0 Å².